The fraction of sp³-hybridized carbons (Fsp3) is 0.364. The van der Waals surface area contributed by atoms with E-state index in [1.165, 1.54) is 12.8 Å². The number of pyridine rings is 1. The van der Waals surface area contributed by atoms with E-state index in [1.807, 2.05) is 49.4 Å². The fourth-order valence-corrected chi connectivity index (χ4v) is 3.70. The summed E-state index contributed by atoms with van der Waals surface area (Å²) in [5.74, 6) is 1.74. The van der Waals surface area contributed by atoms with Gasteiger partial charge in [0.05, 0.1) is 5.69 Å². The minimum atomic E-state index is -0.180. The predicted molar refractivity (Wildman–Crippen MR) is 175 cm³/mol. The van der Waals surface area contributed by atoms with Gasteiger partial charge in [0, 0.05) is 11.7 Å². The quantitative estimate of drug-likeness (QED) is 0.301. The van der Waals surface area contributed by atoms with Crippen molar-refractivity contribution in [3.8, 4) is 0 Å². The van der Waals surface area contributed by atoms with Crippen molar-refractivity contribution in [1.29, 1.82) is 0 Å². The van der Waals surface area contributed by atoms with Crippen molar-refractivity contribution in [2.75, 3.05) is 15.5 Å². The van der Waals surface area contributed by atoms with Crippen molar-refractivity contribution in [3.63, 3.8) is 0 Å². The number of aromatic nitrogens is 1. The van der Waals surface area contributed by atoms with Gasteiger partial charge in [-0.3, -0.25) is 4.79 Å². The Kier molecular flexibility index (Phi) is 117. The average molecular weight is 1480 g/mol. The molecule has 1 aliphatic carbocycles. The van der Waals surface area contributed by atoms with Gasteiger partial charge in [0.25, 0.3) is 0 Å². The van der Waals surface area contributed by atoms with E-state index in [9.17, 15) is 4.79 Å². The van der Waals surface area contributed by atoms with E-state index >= 15 is 0 Å². The molecule has 0 unspecified atom stereocenters. The van der Waals surface area contributed by atoms with Crippen LogP contribution in [0.3, 0.4) is 0 Å². The van der Waals surface area contributed by atoms with E-state index in [0.29, 0.717) is 6.04 Å². The van der Waals surface area contributed by atoms with Gasteiger partial charge in [-0.2, -0.15) is 0 Å². The number of benzene rings is 1. The molecule has 1 saturated carbocycles. The van der Waals surface area contributed by atoms with Gasteiger partial charge in [-0.05, 0) is 44.0 Å². The third-order valence-corrected chi connectivity index (χ3v) is 4.94. The molecule has 2 aromatic rings. The van der Waals surface area contributed by atoms with Crippen LogP contribution in [0.4, 0.5) is 23.0 Å². The first kappa shape index (κ1) is 78.1. The number of carbonyl (C=O) groups is 1. The summed E-state index contributed by atoms with van der Waals surface area (Å²) in [5, 5.41) is 6.32. The molecule has 4 rings (SSSR count). The number of anilines is 4. The number of nitrogens with one attached hydrogen (secondary N) is 2. The van der Waals surface area contributed by atoms with Crippen molar-refractivity contribution >= 4 is 367 Å². The second-order valence-corrected chi connectivity index (χ2v) is 6.57. The van der Waals surface area contributed by atoms with E-state index < -0.39 is 0 Å². The van der Waals surface area contributed by atoms with E-state index in [0.717, 1.165) is 374 Å². The molecule has 0 bridgehead atoms. The van der Waals surface area contributed by atoms with Crippen molar-refractivity contribution in [3.05, 3.63) is 57.3 Å². The molecule has 1 atom stereocenters. The van der Waals surface area contributed by atoms with Crippen molar-refractivity contribution in [2.45, 2.75) is 52.1 Å². The van der Waals surface area contributed by atoms with Crippen LogP contribution in [0, 0.1) is 14.9 Å². The summed E-state index contributed by atoms with van der Waals surface area (Å²) in [4.78, 5) is 19.3. The molecular weight excluding hydrogens is 1450 g/mol. The zero-order valence-corrected chi connectivity index (χ0v) is 92.7. The summed E-state index contributed by atoms with van der Waals surface area (Å²) in [7, 11) is 0. The molecule has 40 heavy (non-hydrogen) atoms. The molecule has 0 radical (unpaired) electrons. The first-order valence-electron chi connectivity index (χ1n) is 13.6. The zero-order valence-electron chi connectivity index (χ0n) is 29.8. The Morgan fingerprint density at radius 2 is 1.27 bits per heavy atom. The Balaban J connectivity index is -0.0000000785. The molecule has 2 N–H and O–H groups in total. The molecule has 160 valence electrons. The van der Waals surface area contributed by atoms with E-state index in [2.05, 4.69) is 15.5 Å². The first-order valence-corrected chi connectivity index (χ1v) is 184. The Hall–Kier alpha value is 20.9. The van der Waals surface area contributed by atoms with Gasteiger partial charge < -0.3 is 31.8 Å². The Labute approximate surface area is 641 Å². The normalized spacial score (nSPS) is 13.4. The number of hydrogen-bond donors (Lipinski definition) is 2. The number of fused-ring (bicyclic) bond motifs is 1. The topological polar surface area (TPSA) is 57.3 Å². The summed E-state index contributed by atoms with van der Waals surface area (Å²) in [6, 6.07) is 14.1. The Bertz CT molecular complexity index is 784. The number of hydrogen-bond acceptors (Lipinski definition) is 4. The minimum absolute atomic E-state index is 0. The Morgan fingerprint density at radius 3 is 1.73 bits per heavy atom. The predicted octanol–water partition coefficient (Wildman–Crippen LogP) is -7.23. The van der Waals surface area contributed by atoms with Crippen molar-refractivity contribution in [2.24, 2.45) is 0 Å². The van der Waals surface area contributed by atoms with Crippen molar-refractivity contribution in [1.82, 2.24) is 4.98 Å². The summed E-state index contributed by atoms with van der Waals surface area (Å²) in [6.07, 6.45) is 4.73. The van der Waals surface area contributed by atoms with Crippen LogP contribution in [0.5, 0.6) is 0 Å². The molecular formula is C22H33N4ORb13. The average Bonchev–Trinajstić information content (AvgIpc) is 3.46. The number of rotatable bonds is 3. The third kappa shape index (κ3) is 37.2. The van der Waals surface area contributed by atoms with Gasteiger partial charge in [-0.1, -0.05) is 38.5 Å². The second-order valence-electron chi connectivity index (χ2n) is 6.57. The summed E-state index contributed by atoms with van der Waals surface area (Å²) in [6.45, 7) is 1.97. The SMILES string of the molecule is C.C[C@@H]1C(=O)Nc2ccc(Nc3ccccc3)nc2N1C1CCCC1.[CH3-].[CH3-].[H-].[Rb+].[Rb+].[Rb+].[Rb][Rb].[Rb][Rb].[Rb][Rb].[Rb][Rb].[Rb][Rb]. The molecule has 1 fully saturated rings. The van der Waals surface area contributed by atoms with Crippen LogP contribution in [0.15, 0.2) is 42.5 Å². The molecule has 1 aromatic heterocycles. The maximum absolute atomic E-state index is 12.3. The standard InChI is InChI=1S/C19H22N4O.CH4.2CH3.13Rb.H/c1-13-19(24)21-16-11-12-17(20-14-7-3-2-4-8-14)22-18(16)23(13)15-9-5-6-10-15;;;;;;;;;;;;;;;;;/h2-4,7-8,11-13,15H,5-6,9-10H2,1H3,(H,20,22)(H,21,24);1H4;2*1H3;;;;;;;;;;;;;;/q;;2*-1;;;;;;;;;;;3*+1;-1/t13-;;;;;;;;;;;;;;;;;/m1................./s1. The van der Waals surface area contributed by atoms with Crippen molar-refractivity contribution < 1.29 is 181 Å². The van der Waals surface area contributed by atoms with Crippen LogP contribution in [0.2, 0.25) is 0 Å². The van der Waals surface area contributed by atoms with Gasteiger partial charge >= 0.3 is 513 Å². The maximum atomic E-state index is 12.3. The molecule has 2 heterocycles. The molecule has 0 spiro atoms. The van der Waals surface area contributed by atoms with Gasteiger partial charge in [-0.15, -0.1) is 0 Å². The second kappa shape index (κ2) is 59.9. The molecule has 1 aliphatic heterocycles. The Morgan fingerprint density at radius 1 is 0.825 bits per heavy atom. The molecule has 0 saturated heterocycles. The molecule has 18 heteroatoms. The van der Waals surface area contributed by atoms with Gasteiger partial charge in [-0.25, -0.2) is 4.98 Å². The molecule has 1 aromatic carbocycles. The van der Waals surface area contributed by atoms with Crippen LogP contribution < -0.4 is 190 Å². The number of nitrogens with zero attached hydrogens (tertiary/aromatic N) is 2. The first-order chi connectivity index (χ1) is 16.7. The van der Waals surface area contributed by atoms with E-state index in [-0.39, 0.29) is 210 Å². The van der Waals surface area contributed by atoms with E-state index in [1.54, 1.807) is 0 Å². The summed E-state index contributed by atoms with van der Waals surface area (Å²) >= 11 is 11.6. The summed E-state index contributed by atoms with van der Waals surface area (Å²) < 4.78 is 0. The van der Waals surface area contributed by atoms with Gasteiger partial charge in [0.15, 0.2) is 5.82 Å². The van der Waals surface area contributed by atoms with Crippen LogP contribution in [0.1, 0.15) is 41.5 Å². The summed E-state index contributed by atoms with van der Waals surface area (Å²) in [5.41, 5.74) is 1.81. The van der Waals surface area contributed by atoms with Crippen LogP contribution in [-0.4, -0.2) is 362 Å². The van der Waals surface area contributed by atoms with Crippen LogP contribution >= 0.6 is 0 Å². The monoisotopic (exact) mass is 1470 g/mol. The molecule has 5 nitrogen and oxygen atoms in total. The number of amides is 1. The number of carbonyl (C=O) groups excluding carboxylic acids is 1. The molecule has 2 aliphatic rings. The van der Waals surface area contributed by atoms with Crippen LogP contribution in [-0.2, 0) is 4.79 Å². The third-order valence-electron chi connectivity index (χ3n) is 4.94. The zero-order chi connectivity index (χ0) is 26.5. The van der Waals surface area contributed by atoms with Crippen LogP contribution in [0.25, 0.3) is 0 Å². The molecule has 1 amide bonds. The van der Waals surface area contributed by atoms with Gasteiger partial charge in [0.2, 0.25) is 5.91 Å². The van der Waals surface area contributed by atoms with Gasteiger partial charge in [0.1, 0.15) is 11.9 Å². The number of para-hydroxylation sites is 1. The fourth-order valence-electron chi connectivity index (χ4n) is 3.70. The van der Waals surface area contributed by atoms with E-state index in [4.69, 9.17) is 4.98 Å².